The molecule has 0 aliphatic heterocycles. The lowest BCUT2D eigenvalue weighted by molar-refractivity contribution is -0.278. The number of ether oxygens (including phenoxy) is 2. The van der Waals surface area contributed by atoms with Crippen LogP contribution in [-0.4, -0.2) is 43.0 Å². The lowest BCUT2D eigenvalue weighted by Crippen LogP contribution is -2.60. The molecule has 5 nitrogen and oxygen atoms in total. The van der Waals surface area contributed by atoms with Crippen LogP contribution in [0.15, 0.2) is 30.3 Å². The molecule has 0 fully saturated rings. The molecule has 0 heterocycles. The zero-order chi connectivity index (χ0) is 17.7. The monoisotopic (exact) mass is 334 g/mol. The molecule has 0 aliphatic rings. The molecule has 23 heavy (non-hydrogen) atoms. The van der Waals surface area contributed by atoms with Crippen LogP contribution in [0.3, 0.4) is 0 Å². The number of hydrogen-bond acceptors (Lipinski definition) is 5. The standard InChI is InChI=1S/C15H17F3O5/c1-22-12(19)11(9-8-10-6-4-3-5-7-10)14(21,13(20)23-2)15(16,17)18/h3-7,11,21H,8-9H2,1-2H3/t11-,14+/m1/s1. The maximum Gasteiger partial charge on any atom is 0.429 e. The topological polar surface area (TPSA) is 72.8 Å². The summed E-state index contributed by atoms with van der Waals surface area (Å²) in [5, 5.41) is 9.96. The molecule has 0 aliphatic carbocycles. The number of carbonyl (C=O) groups is 2. The second kappa shape index (κ2) is 7.45. The molecule has 0 saturated carbocycles. The first kappa shape index (κ1) is 19.0. The van der Waals surface area contributed by atoms with Crippen LogP contribution >= 0.6 is 0 Å². The van der Waals surface area contributed by atoms with E-state index in [1.807, 2.05) is 0 Å². The zero-order valence-electron chi connectivity index (χ0n) is 12.6. The lowest BCUT2D eigenvalue weighted by Gasteiger charge is -2.33. The van der Waals surface area contributed by atoms with Crippen molar-refractivity contribution in [2.45, 2.75) is 24.6 Å². The summed E-state index contributed by atoms with van der Waals surface area (Å²) in [4.78, 5) is 23.3. The fourth-order valence-electron chi connectivity index (χ4n) is 2.21. The third-order valence-electron chi connectivity index (χ3n) is 3.48. The average molecular weight is 334 g/mol. The van der Waals surface area contributed by atoms with Gasteiger partial charge in [0.1, 0.15) is 5.92 Å². The zero-order valence-corrected chi connectivity index (χ0v) is 12.6. The second-order valence-electron chi connectivity index (χ2n) is 4.86. The summed E-state index contributed by atoms with van der Waals surface area (Å²) >= 11 is 0. The van der Waals surface area contributed by atoms with E-state index in [-0.39, 0.29) is 6.42 Å². The van der Waals surface area contributed by atoms with Crippen LogP contribution in [0.25, 0.3) is 0 Å². The van der Waals surface area contributed by atoms with Crippen LogP contribution in [0, 0.1) is 5.92 Å². The molecule has 0 saturated heterocycles. The Hall–Kier alpha value is -2.09. The summed E-state index contributed by atoms with van der Waals surface area (Å²) in [6, 6.07) is 8.39. The maximum atomic E-state index is 13.3. The van der Waals surface area contributed by atoms with Crippen LogP contribution in [0.5, 0.6) is 0 Å². The number of methoxy groups -OCH3 is 2. The number of aryl methyl sites for hydroxylation is 1. The van der Waals surface area contributed by atoms with Crippen molar-refractivity contribution in [3.63, 3.8) is 0 Å². The SMILES string of the molecule is COC(=O)[C@@H](CCc1ccccc1)[C@](O)(C(=O)OC)C(F)(F)F. The first-order valence-corrected chi connectivity index (χ1v) is 6.67. The number of halogens is 3. The summed E-state index contributed by atoms with van der Waals surface area (Å²) in [6.45, 7) is 0. The number of rotatable bonds is 6. The Balaban J connectivity index is 3.16. The van der Waals surface area contributed by atoms with Gasteiger partial charge in [-0.25, -0.2) is 4.79 Å². The van der Waals surface area contributed by atoms with Crippen LogP contribution in [0.2, 0.25) is 0 Å². The van der Waals surface area contributed by atoms with Crippen molar-refractivity contribution in [1.82, 2.24) is 0 Å². The van der Waals surface area contributed by atoms with Crippen molar-refractivity contribution in [3.8, 4) is 0 Å². The van der Waals surface area contributed by atoms with Gasteiger partial charge in [0.2, 0.25) is 0 Å². The number of aliphatic hydroxyl groups is 1. The summed E-state index contributed by atoms with van der Waals surface area (Å²) < 4.78 is 48.1. The van der Waals surface area contributed by atoms with Crippen LogP contribution < -0.4 is 0 Å². The Morgan fingerprint density at radius 1 is 1.13 bits per heavy atom. The number of esters is 2. The van der Waals surface area contributed by atoms with Crippen molar-refractivity contribution < 1.29 is 37.3 Å². The quantitative estimate of drug-likeness (QED) is 0.804. The van der Waals surface area contributed by atoms with Gasteiger partial charge in [0.05, 0.1) is 14.2 Å². The largest absolute Gasteiger partial charge is 0.469 e. The summed E-state index contributed by atoms with van der Waals surface area (Å²) in [7, 11) is 1.58. The van der Waals surface area contributed by atoms with E-state index in [0.717, 1.165) is 7.11 Å². The van der Waals surface area contributed by atoms with Gasteiger partial charge in [-0.3, -0.25) is 4.79 Å². The highest BCUT2D eigenvalue weighted by atomic mass is 19.4. The second-order valence-corrected chi connectivity index (χ2v) is 4.86. The maximum absolute atomic E-state index is 13.3. The molecule has 0 unspecified atom stereocenters. The molecule has 1 rings (SSSR count). The van der Waals surface area contributed by atoms with Crippen molar-refractivity contribution in [1.29, 1.82) is 0 Å². The van der Waals surface area contributed by atoms with E-state index < -0.39 is 36.1 Å². The van der Waals surface area contributed by atoms with Gasteiger partial charge in [-0.1, -0.05) is 30.3 Å². The minimum atomic E-state index is -5.39. The van der Waals surface area contributed by atoms with E-state index in [1.165, 1.54) is 0 Å². The molecule has 1 N–H and O–H groups in total. The third kappa shape index (κ3) is 4.01. The predicted molar refractivity (Wildman–Crippen MR) is 73.3 cm³/mol. The fraction of sp³-hybridized carbons (Fsp3) is 0.467. The van der Waals surface area contributed by atoms with Crippen LogP contribution in [0.1, 0.15) is 12.0 Å². The molecular weight excluding hydrogens is 317 g/mol. The molecule has 0 spiro atoms. The minimum Gasteiger partial charge on any atom is -0.469 e. The van der Waals surface area contributed by atoms with Gasteiger partial charge in [0.15, 0.2) is 0 Å². The normalized spacial score (nSPS) is 15.4. The number of hydrogen-bond donors (Lipinski definition) is 1. The first-order chi connectivity index (χ1) is 10.7. The first-order valence-electron chi connectivity index (χ1n) is 6.67. The van der Waals surface area contributed by atoms with Gasteiger partial charge in [-0.2, -0.15) is 13.2 Å². The van der Waals surface area contributed by atoms with E-state index >= 15 is 0 Å². The Labute approximate surface area is 131 Å². The molecule has 1 aromatic rings. The van der Waals surface area contributed by atoms with Gasteiger partial charge in [-0.05, 0) is 18.4 Å². The number of benzene rings is 1. The van der Waals surface area contributed by atoms with E-state index in [0.29, 0.717) is 12.7 Å². The summed E-state index contributed by atoms with van der Waals surface area (Å²) in [5.41, 5.74) is -3.32. The molecule has 0 aromatic heterocycles. The van der Waals surface area contributed by atoms with E-state index in [9.17, 15) is 27.9 Å². The highest BCUT2D eigenvalue weighted by molar-refractivity contribution is 5.88. The third-order valence-corrected chi connectivity index (χ3v) is 3.48. The van der Waals surface area contributed by atoms with E-state index in [2.05, 4.69) is 9.47 Å². The van der Waals surface area contributed by atoms with Gasteiger partial charge in [-0.15, -0.1) is 0 Å². The summed E-state index contributed by atoms with van der Waals surface area (Å²) in [6.07, 6.45) is -5.80. The Kier molecular flexibility index (Phi) is 6.14. The summed E-state index contributed by atoms with van der Waals surface area (Å²) in [5.74, 6) is -5.43. The lowest BCUT2D eigenvalue weighted by atomic mass is 9.82. The fourth-order valence-corrected chi connectivity index (χ4v) is 2.21. The van der Waals surface area contributed by atoms with Crippen molar-refractivity contribution in [2.75, 3.05) is 14.2 Å². The predicted octanol–water partition coefficient (Wildman–Crippen LogP) is 1.87. The Bertz CT molecular complexity index is 544. The van der Waals surface area contributed by atoms with Crippen LogP contribution in [-0.2, 0) is 25.5 Å². The Morgan fingerprint density at radius 3 is 2.13 bits per heavy atom. The van der Waals surface area contributed by atoms with E-state index in [4.69, 9.17) is 0 Å². The van der Waals surface area contributed by atoms with Crippen LogP contribution in [0.4, 0.5) is 13.2 Å². The van der Waals surface area contributed by atoms with Gasteiger partial charge in [0.25, 0.3) is 5.60 Å². The molecule has 2 atom stereocenters. The van der Waals surface area contributed by atoms with Gasteiger partial charge < -0.3 is 14.6 Å². The van der Waals surface area contributed by atoms with Gasteiger partial charge in [0, 0.05) is 0 Å². The van der Waals surface area contributed by atoms with Crippen molar-refractivity contribution in [2.24, 2.45) is 5.92 Å². The smallest absolute Gasteiger partial charge is 0.429 e. The van der Waals surface area contributed by atoms with Crippen molar-refractivity contribution in [3.05, 3.63) is 35.9 Å². The number of carbonyl (C=O) groups excluding carboxylic acids is 2. The molecule has 0 bridgehead atoms. The van der Waals surface area contributed by atoms with Gasteiger partial charge >= 0.3 is 18.1 Å². The molecule has 1 aromatic carbocycles. The number of alkyl halides is 3. The molecule has 128 valence electrons. The molecule has 8 heteroatoms. The molecule has 0 radical (unpaired) electrons. The Morgan fingerprint density at radius 2 is 1.70 bits per heavy atom. The van der Waals surface area contributed by atoms with E-state index in [1.54, 1.807) is 30.3 Å². The van der Waals surface area contributed by atoms with Crippen molar-refractivity contribution >= 4 is 11.9 Å². The average Bonchev–Trinajstić information content (AvgIpc) is 2.53. The highest BCUT2D eigenvalue weighted by Crippen LogP contribution is 2.40. The molecule has 0 amide bonds. The highest BCUT2D eigenvalue weighted by Gasteiger charge is 2.67. The molecular formula is C15H17F3O5. The minimum absolute atomic E-state index is 0.0377.